The summed E-state index contributed by atoms with van der Waals surface area (Å²) < 4.78 is 1.03. The molecule has 0 saturated carbocycles. The Morgan fingerprint density at radius 2 is 2.07 bits per heavy atom. The smallest absolute Gasteiger partial charge is 0.225 e. The maximum atomic E-state index is 11.4. The molecule has 0 aromatic heterocycles. The molecular formula is C11H12BrNO2. The topological polar surface area (TPSA) is 40.5 Å². The van der Waals surface area contributed by atoms with Crippen molar-refractivity contribution in [2.75, 3.05) is 6.54 Å². The van der Waals surface area contributed by atoms with E-state index in [0.29, 0.717) is 13.1 Å². The van der Waals surface area contributed by atoms with Gasteiger partial charge in [-0.05, 0) is 17.7 Å². The van der Waals surface area contributed by atoms with E-state index >= 15 is 0 Å². The number of aliphatic hydroxyl groups excluding tert-OH is 1. The zero-order chi connectivity index (χ0) is 10.8. The molecular weight excluding hydrogens is 258 g/mol. The van der Waals surface area contributed by atoms with Crippen LogP contribution in [0.15, 0.2) is 28.7 Å². The van der Waals surface area contributed by atoms with Crippen LogP contribution in [-0.4, -0.2) is 28.6 Å². The van der Waals surface area contributed by atoms with Crippen LogP contribution in [0.5, 0.6) is 0 Å². The summed E-state index contributed by atoms with van der Waals surface area (Å²) in [4.78, 5) is 13.1. The van der Waals surface area contributed by atoms with Crippen molar-refractivity contribution in [2.24, 2.45) is 0 Å². The summed E-state index contributed by atoms with van der Waals surface area (Å²) in [6.45, 7) is 1.04. The van der Waals surface area contributed by atoms with Crippen LogP contribution in [0.4, 0.5) is 0 Å². The molecule has 15 heavy (non-hydrogen) atoms. The second-order valence-electron chi connectivity index (χ2n) is 3.76. The van der Waals surface area contributed by atoms with E-state index in [4.69, 9.17) is 0 Å². The number of carbonyl (C=O) groups is 1. The predicted molar refractivity (Wildman–Crippen MR) is 60.2 cm³/mol. The van der Waals surface area contributed by atoms with Gasteiger partial charge in [-0.3, -0.25) is 4.79 Å². The van der Waals surface area contributed by atoms with E-state index in [1.165, 1.54) is 0 Å². The van der Waals surface area contributed by atoms with Gasteiger partial charge in [-0.2, -0.15) is 0 Å². The number of likely N-dealkylation sites (tertiary alicyclic amines) is 1. The quantitative estimate of drug-likeness (QED) is 0.885. The van der Waals surface area contributed by atoms with Crippen LogP contribution in [-0.2, 0) is 11.3 Å². The Labute approximate surface area is 96.8 Å². The highest BCUT2D eigenvalue weighted by Crippen LogP contribution is 2.16. The van der Waals surface area contributed by atoms with E-state index in [0.717, 1.165) is 10.0 Å². The fourth-order valence-corrected chi connectivity index (χ4v) is 1.98. The third-order valence-corrected chi connectivity index (χ3v) is 3.01. The van der Waals surface area contributed by atoms with Crippen LogP contribution in [0.3, 0.4) is 0 Å². The number of benzene rings is 1. The molecule has 1 fully saturated rings. The van der Waals surface area contributed by atoms with Crippen molar-refractivity contribution >= 4 is 21.8 Å². The van der Waals surface area contributed by atoms with E-state index in [1.807, 2.05) is 24.3 Å². The number of rotatable bonds is 2. The van der Waals surface area contributed by atoms with Crippen molar-refractivity contribution in [3.05, 3.63) is 34.3 Å². The van der Waals surface area contributed by atoms with Crippen molar-refractivity contribution in [1.29, 1.82) is 0 Å². The number of hydrogen-bond acceptors (Lipinski definition) is 2. The largest absolute Gasteiger partial charge is 0.391 e. The Kier molecular flexibility index (Phi) is 3.07. The number of amides is 1. The molecule has 1 unspecified atom stereocenters. The molecule has 1 aromatic rings. The number of nitrogens with zero attached hydrogens (tertiary/aromatic N) is 1. The van der Waals surface area contributed by atoms with Gasteiger partial charge in [-0.25, -0.2) is 0 Å². The van der Waals surface area contributed by atoms with Crippen molar-refractivity contribution < 1.29 is 9.90 Å². The zero-order valence-electron chi connectivity index (χ0n) is 8.19. The molecule has 1 heterocycles. The number of halogens is 1. The average Bonchev–Trinajstić information content (AvgIpc) is 2.49. The van der Waals surface area contributed by atoms with Crippen molar-refractivity contribution in [2.45, 2.75) is 19.1 Å². The van der Waals surface area contributed by atoms with Gasteiger partial charge in [0, 0.05) is 17.6 Å². The Morgan fingerprint density at radius 3 is 2.60 bits per heavy atom. The molecule has 80 valence electrons. The molecule has 2 rings (SSSR count). The van der Waals surface area contributed by atoms with E-state index in [1.54, 1.807) is 4.90 Å². The second-order valence-corrected chi connectivity index (χ2v) is 4.67. The van der Waals surface area contributed by atoms with Gasteiger partial charge >= 0.3 is 0 Å². The van der Waals surface area contributed by atoms with Crippen LogP contribution >= 0.6 is 15.9 Å². The standard InChI is InChI=1S/C11H12BrNO2/c12-9-3-1-8(2-4-9)6-13-7-10(14)5-11(13)15/h1-4,10,14H,5-7H2. The third kappa shape index (κ3) is 2.58. The average molecular weight is 270 g/mol. The first-order valence-electron chi connectivity index (χ1n) is 4.85. The Morgan fingerprint density at radius 1 is 1.40 bits per heavy atom. The van der Waals surface area contributed by atoms with Gasteiger partial charge in [0.05, 0.1) is 12.5 Å². The molecule has 0 radical (unpaired) electrons. The molecule has 0 bridgehead atoms. The monoisotopic (exact) mass is 269 g/mol. The third-order valence-electron chi connectivity index (χ3n) is 2.48. The Bertz CT molecular complexity index is 363. The second kappa shape index (κ2) is 4.33. The highest BCUT2D eigenvalue weighted by atomic mass is 79.9. The number of β-amino-alcohol motifs (C(OH)–C–C–N with tert-alkyl or cyclic N) is 1. The molecule has 4 heteroatoms. The van der Waals surface area contributed by atoms with Gasteiger partial charge in [0.1, 0.15) is 0 Å². The molecule has 0 spiro atoms. The summed E-state index contributed by atoms with van der Waals surface area (Å²) in [5, 5.41) is 9.32. The van der Waals surface area contributed by atoms with Crippen molar-refractivity contribution in [1.82, 2.24) is 4.90 Å². The van der Waals surface area contributed by atoms with Crippen LogP contribution in [0.1, 0.15) is 12.0 Å². The predicted octanol–water partition coefficient (Wildman–Crippen LogP) is 1.54. The first-order valence-corrected chi connectivity index (χ1v) is 5.65. The van der Waals surface area contributed by atoms with E-state index in [9.17, 15) is 9.90 Å². The lowest BCUT2D eigenvalue weighted by Gasteiger charge is -2.15. The minimum absolute atomic E-state index is 0.0328. The van der Waals surface area contributed by atoms with Crippen LogP contribution in [0, 0.1) is 0 Å². The van der Waals surface area contributed by atoms with Gasteiger partial charge in [-0.15, -0.1) is 0 Å². The molecule has 1 aromatic carbocycles. The highest BCUT2D eigenvalue weighted by Gasteiger charge is 2.27. The number of carbonyl (C=O) groups excluding carboxylic acids is 1. The van der Waals surface area contributed by atoms with Crippen molar-refractivity contribution in [3.8, 4) is 0 Å². The molecule has 1 amide bonds. The molecule has 1 N–H and O–H groups in total. The summed E-state index contributed by atoms with van der Waals surface area (Å²) in [7, 11) is 0. The van der Waals surface area contributed by atoms with Gasteiger partial charge in [0.15, 0.2) is 0 Å². The van der Waals surface area contributed by atoms with Crippen LogP contribution in [0.2, 0.25) is 0 Å². The Hall–Kier alpha value is -0.870. The number of aliphatic hydroxyl groups is 1. The summed E-state index contributed by atoms with van der Waals surface area (Å²) >= 11 is 3.36. The van der Waals surface area contributed by atoms with Gasteiger partial charge < -0.3 is 10.0 Å². The van der Waals surface area contributed by atoms with E-state index < -0.39 is 6.10 Å². The SMILES string of the molecule is O=C1CC(O)CN1Cc1ccc(Br)cc1. The fourth-order valence-electron chi connectivity index (χ4n) is 1.71. The van der Waals surface area contributed by atoms with Gasteiger partial charge in [-0.1, -0.05) is 28.1 Å². The van der Waals surface area contributed by atoms with E-state index in [2.05, 4.69) is 15.9 Å². The normalized spacial score (nSPS) is 21.1. The zero-order valence-corrected chi connectivity index (χ0v) is 9.77. The molecule has 1 aliphatic heterocycles. The molecule has 3 nitrogen and oxygen atoms in total. The number of hydrogen-bond donors (Lipinski definition) is 1. The molecule has 1 aliphatic rings. The summed E-state index contributed by atoms with van der Waals surface area (Å²) in [5.74, 6) is 0.0328. The minimum atomic E-state index is -0.493. The molecule has 0 aliphatic carbocycles. The summed E-state index contributed by atoms with van der Waals surface area (Å²) in [5.41, 5.74) is 1.08. The fraction of sp³-hybridized carbons (Fsp3) is 0.364. The minimum Gasteiger partial charge on any atom is -0.391 e. The maximum Gasteiger partial charge on any atom is 0.225 e. The van der Waals surface area contributed by atoms with E-state index in [-0.39, 0.29) is 12.3 Å². The first kappa shape index (κ1) is 10.6. The first-order chi connectivity index (χ1) is 7.15. The van der Waals surface area contributed by atoms with Crippen molar-refractivity contribution in [3.63, 3.8) is 0 Å². The lowest BCUT2D eigenvalue weighted by molar-refractivity contribution is -0.128. The highest BCUT2D eigenvalue weighted by molar-refractivity contribution is 9.10. The summed E-state index contributed by atoms with van der Waals surface area (Å²) in [6.07, 6.45) is -0.232. The molecule has 1 saturated heterocycles. The lowest BCUT2D eigenvalue weighted by Crippen LogP contribution is -2.25. The van der Waals surface area contributed by atoms with Crippen LogP contribution in [0.25, 0.3) is 0 Å². The summed E-state index contributed by atoms with van der Waals surface area (Å²) in [6, 6.07) is 7.85. The maximum absolute atomic E-state index is 11.4. The van der Waals surface area contributed by atoms with Crippen LogP contribution < -0.4 is 0 Å². The van der Waals surface area contributed by atoms with Gasteiger partial charge in [0.2, 0.25) is 5.91 Å². The lowest BCUT2D eigenvalue weighted by atomic mass is 10.2. The Balaban J connectivity index is 2.03. The molecule has 1 atom stereocenters. The van der Waals surface area contributed by atoms with Gasteiger partial charge in [0.25, 0.3) is 0 Å².